The van der Waals surface area contributed by atoms with E-state index < -0.39 is 41.3 Å². The van der Waals surface area contributed by atoms with Crippen molar-refractivity contribution in [2.75, 3.05) is 27.3 Å². The van der Waals surface area contributed by atoms with Crippen LogP contribution in [0, 0.1) is 23.2 Å². The molecule has 4 aromatic rings. The molecule has 3 amide bonds. The molecular formula is C49H64N6O7. The van der Waals surface area contributed by atoms with Gasteiger partial charge in [0.2, 0.25) is 11.8 Å². The number of likely N-dealkylation sites (N-methyl/N-ethyl adjacent to an activating group) is 1. The lowest BCUT2D eigenvalue weighted by Gasteiger charge is -2.39. The number of phenolic OH excluding ortho intramolecular Hbond substituents is 1. The van der Waals surface area contributed by atoms with Crippen molar-refractivity contribution in [3.63, 3.8) is 0 Å². The summed E-state index contributed by atoms with van der Waals surface area (Å²) in [7, 11) is 3.35. The van der Waals surface area contributed by atoms with E-state index in [1.807, 2.05) is 39.0 Å². The van der Waals surface area contributed by atoms with Gasteiger partial charge in [0, 0.05) is 67.7 Å². The summed E-state index contributed by atoms with van der Waals surface area (Å²) < 4.78 is 14.2. The Kier molecular flexibility index (Phi) is 13.2. The van der Waals surface area contributed by atoms with Crippen LogP contribution >= 0.6 is 0 Å². The molecule has 13 heteroatoms. The summed E-state index contributed by atoms with van der Waals surface area (Å²) in [5.41, 5.74) is 9.76. The molecule has 1 aliphatic carbocycles. The molecule has 332 valence electrons. The van der Waals surface area contributed by atoms with E-state index in [4.69, 9.17) is 14.5 Å². The molecule has 6 bridgehead atoms. The summed E-state index contributed by atoms with van der Waals surface area (Å²) in [5, 5.41) is 16.7. The van der Waals surface area contributed by atoms with E-state index in [0.717, 1.165) is 57.4 Å². The molecule has 62 heavy (non-hydrogen) atoms. The molecule has 3 aliphatic rings. The molecule has 0 radical (unpaired) electrons. The van der Waals surface area contributed by atoms with Crippen LogP contribution in [0.1, 0.15) is 97.1 Å². The van der Waals surface area contributed by atoms with E-state index in [9.17, 15) is 24.3 Å². The third kappa shape index (κ3) is 9.11. The fourth-order valence-electron chi connectivity index (χ4n) is 9.78. The highest BCUT2D eigenvalue weighted by atomic mass is 16.5. The second-order valence-corrected chi connectivity index (χ2v) is 18.9. The Bertz CT molecular complexity index is 2330. The molecule has 0 unspecified atom stereocenters. The van der Waals surface area contributed by atoms with Crippen LogP contribution in [-0.2, 0) is 48.0 Å². The monoisotopic (exact) mass is 848 g/mol. The number of esters is 1. The number of rotatable bonds is 9. The van der Waals surface area contributed by atoms with Gasteiger partial charge in [-0.3, -0.25) is 29.2 Å². The Morgan fingerprint density at radius 3 is 2.55 bits per heavy atom. The summed E-state index contributed by atoms with van der Waals surface area (Å²) >= 11 is 0. The molecule has 0 spiro atoms. The number of hydrogen-bond donors (Lipinski definition) is 3. The minimum absolute atomic E-state index is 0.0188. The van der Waals surface area contributed by atoms with Gasteiger partial charge < -0.3 is 29.4 Å². The number of pyridine rings is 1. The highest BCUT2D eigenvalue weighted by Gasteiger charge is 2.41. The fourth-order valence-corrected chi connectivity index (χ4v) is 9.78. The number of hydrogen-bond acceptors (Lipinski definition) is 9. The lowest BCUT2D eigenvalue weighted by Crippen LogP contribution is -2.62. The third-order valence-electron chi connectivity index (χ3n) is 13.1. The number of fused-ring (bicyclic) bond motifs is 6. The van der Waals surface area contributed by atoms with Gasteiger partial charge in [0.25, 0.3) is 5.91 Å². The van der Waals surface area contributed by atoms with Crippen LogP contribution in [0.4, 0.5) is 0 Å². The molecule has 3 N–H and O–H groups in total. The average Bonchev–Trinajstić information content (AvgIpc) is 3.54. The fraction of sp³-hybridized carbons (Fsp3) is 0.531. The summed E-state index contributed by atoms with van der Waals surface area (Å²) in [6.45, 7) is 15.3. The summed E-state index contributed by atoms with van der Waals surface area (Å²) in [5.74, 6) is -1.27. The van der Waals surface area contributed by atoms with Crippen molar-refractivity contribution < 1.29 is 33.8 Å². The predicted molar refractivity (Wildman–Crippen MR) is 239 cm³/mol. The van der Waals surface area contributed by atoms with Gasteiger partial charge in [0.15, 0.2) is 0 Å². The molecule has 2 aromatic heterocycles. The number of aromatic nitrogens is 2. The Morgan fingerprint density at radius 2 is 1.85 bits per heavy atom. The number of nitrogens with zero attached hydrogens (tertiary/aromatic N) is 4. The zero-order valence-electron chi connectivity index (χ0n) is 37.8. The molecule has 13 nitrogen and oxygen atoms in total. The molecule has 7 rings (SSSR count). The summed E-state index contributed by atoms with van der Waals surface area (Å²) in [6.07, 6.45) is 4.71. The standard InChI is InChI=1S/C49H64N6O7/c1-10-54-41-16-15-32-25-37(41)38(44(54)36-13-11-17-50-42(36)30(5)61-9)26-49(6,7)27-62-48(60)39-14-12-18-55(52-39)47(59)40(23-31-21-33(32)24-35(56)22-31)51-45(57)43(28(2)3)53(8)46(58)34-19-29(4)20-34/h11,13,15-17,21-22,24-25,28-30,34,39-40,43,52,56H,10,12,14,18-20,23,26-27H2,1-9H3,(H,51,57)/t29?,30-,34?,39-,40-,43-/m0/s1. The van der Waals surface area contributed by atoms with Crippen molar-refractivity contribution in [1.29, 1.82) is 0 Å². The predicted octanol–water partition coefficient (Wildman–Crippen LogP) is 6.98. The Hall–Kier alpha value is -5.27. The molecule has 2 fully saturated rings. The maximum absolute atomic E-state index is 14.6. The molecular weight excluding hydrogens is 785 g/mol. The van der Waals surface area contributed by atoms with Gasteiger partial charge in [-0.15, -0.1) is 0 Å². The average molecular weight is 849 g/mol. The smallest absolute Gasteiger partial charge is 0.324 e. The molecule has 4 heterocycles. The van der Waals surface area contributed by atoms with Gasteiger partial charge in [0.05, 0.1) is 24.1 Å². The van der Waals surface area contributed by atoms with Crippen molar-refractivity contribution in [2.24, 2.45) is 23.2 Å². The van der Waals surface area contributed by atoms with E-state index in [-0.39, 0.29) is 42.6 Å². The lowest BCUT2D eigenvalue weighted by molar-refractivity contribution is -0.155. The van der Waals surface area contributed by atoms with Crippen LogP contribution < -0.4 is 10.7 Å². The van der Waals surface area contributed by atoms with Crippen LogP contribution in [-0.4, -0.2) is 93.7 Å². The number of amides is 3. The van der Waals surface area contributed by atoms with Crippen molar-refractivity contribution in [3.8, 4) is 28.1 Å². The molecule has 2 aliphatic heterocycles. The van der Waals surface area contributed by atoms with Crippen molar-refractivity contribution >= 4 is 34.6 Å². The highest BCUT2D eigenvalue weighted by molar-refractivity contribution is 5.96. The Morgan fingerprint density at radius 1 is 1.10 bits per heavy atom. The van der Waals surface area contributed by atoms with Crippen LogP contribution in [0.2, 0.25) is 0 Å². The number of carbonyl (C=O) groups is 4. The van der Waals surface area contributed by atoms with Gasteiger partial charge >= 0.3 is 5.97 Å². The largest absolute Gasteiger partial charge is 0.508 e. The number of hydrazine groups is 1. The number of phenols is 1. The maximum Gasteiger partial charge on any atom is 0.324 e. The topological polar surface area (TPSA) is 155 Å². The summed E-state index contributed by atoms with van der Waals surface area (Å²) in [6, 6.07) is 12.9. The first kappa shape index (κ1) is 44.8. The SMILES string of the molecule is CCn1c(-c2cccnc2[C@H](C)OC)c2c3cc(ccc31)-c1cc(O)cc(c1)C[C@H](NC(=O)[C@H](C(C)C)N(C)C(=O)C1CC(C)C1)C(=O)N1CCC[C@H](N1)C(=O)OCC(C)(C)C2. The number of methoxy groups -OCH3 is 1. The van der Waals surface area contributed by atoms with E-state index in [1.54, 1.807) is 32.5 Å². The first-order chi connectivity index (χ1) is 29.5. The zero-order valence-corrected chi connectivity index (χ0v) is 37.8. The highest BCUT2D eigenvalue weighted by Crippen LogP contribution is 2.42. The van der Waals surface area contributed by atoms with Crippen molar-refractivity contribution in [3.05, 3.63) is 71.5 Å². The quantitative estimate of drug-likeness (QED) is 0.151. The van der Waals surface area contributed by atoms with Crippen molar-refractivity contribution in [1.82, 2.24) is 30.2 Å². The van der Waals surface area contributed by atoms with E-state index in [0.29, 0.717) is 43.8 Å². The normalized spacial score (nSPS) is 22.6. The Labute approximate surface area is 365 Å². The van der Waals surface area contributed by atoms with Gasteiger partial charge in [-0.25, -0.2) is 5.43 Å². The second-order valence-electron chi connectivity index (χ2n) is 18.9. The second kappa shape index (κ2) is 18.2. The number of ether oxygens (including phenoxy) is 2. The molecule has 4 atom stereocenters. The van der Waals surface area contributed by atoms with Gasteiger partial charge in [0.1, 0.15) is 23.9 Å². The Balaban J connectivity index is 1.34. The lowest BCUT2D eigenvalue weighted by atomic mass is 9.75. The van der Waals surface area contributed by atoms with E-state index in [1.165, 1.54) is 9.91 Å². The number of cyclic esters (lactones) is 1. The van der Waals surface area contributed by atoms with Crippen LogP contribution in [0.15, 0.2) is 54.7 Å². The number of aromatic hydroxyl groups is 1. The molecule has 1 saturated heterocycles. The van der Waals surface area contributed by atoms with Gasteiger partial charge in [-0.05, 0) is 116 Å². The molecule has 2 aromatic carbocycles. The number of aryl methyl sites for hydroxylation is 1. The maximum atomic E-state index is 14.6. The number of benzene rings is 2. The number of carbonyl (C=O) groups excluding carboxylic acids is 4. The van der Waals surface area contributed by atoms with Crippen molar-refractivity contribution in [2.45, 2.75) is 118 Å². The van der Waals surface area contributed by atoms with E-state index in [2.05, 4.69) is 61.2 Å². The van der Waals surface area contributed by atoms with Crippen LogP contribution in [0.25, 0.3) is 33.3 Å². The summed E-state index contributed by atoms with van der Waals surface area (Å²) in [4.78, 5) is 62.7. The number of nitrogens with one attached hydrogen (secondary N) is 2. The van der Waals surface area contributed by atoms with Crippen LogP contribution in [0.3, 0.4) is 0 Å². The molecule has 1 saturated carbocycles. The van der Waals surface area contributed by atoms with Gasteiger partial charge in [-0.2, -0.15) is 0 Å². The third-order valence-corrected chi connectivity index (χ3v) is 13.1. The first-order valence-electron chi connectivity index (χ1n) is 22.3. The first-order valence-corrected chi connectivity index (χ1v) is 22.3. The van der Waals surface area contributed by atoms with E-state index >= 15 is 0 Å². The minimum atomic E-state index is -1.09. The zero-order chi connectivity index (χ0) is 44.6. The van der Waals surface area contributed by atoms with Gasteiger partial charge in [-0.1, -0.05) is 46.8 Å². The van der Waals surface area contributed by atoms with Crippen LogP contribution in [0.5, 0.6) is 5.75 Å². The minimum Gasteiger partial charge on any atom is -0.508 e.